The van der Waals surface area contributed by atoms with Crippen LogP contribution in [0, 0.1) is 0 Å². The second-order valence-corrected chi connectivity index (χ2v) is 8.74. The Morgan fingerprint density at radius 2 is 1.96 bits per heavy atom. The number of hydrogen-bond acceptors (Lipinski definition) is 5. The molecule has 0 saturated heterocycles. The molecule has 0 atom stereocenters. The standard InChI is InChI=1S/C16H18ClN3O2S/c1-10(2)23(21,22)14-6-4-3-5-13(14)19-15-12(11-7-8-11)9-18-16(17)20-15/h3-6,9-11H,7-8H2,1-2H3,(H,18,19,20). The molecule has 1 N–H and O–H groups in total. The van der Waals surface area contributed by atoms with Gasteiger partial charge in [-0.05, 0) is 56.3 Å². The van der Waals surface area contributed by atoms with Crippen LogP contribution in [0.1, 0.15) is 38.2 Å². The van der Waals surface area contributed by atoms with Crippen LogP contribution in [0.4, 0.5) is 11.5 Å². The van der Waals surface area contributed by atoms with Crippen molar-refractivity contribution in [2.24, 2.45) is 0 Å². The van der Waals surface area contributed by atoms with Gasteiger partial charge in [0.15, 0.2) is 9.84 Å². The van der Waals surface area contributed by atoms with Gasteiger partial charge in [-0.25, -0.2) is 18.4 Å². The molecule has 1 aromatic carbocycles. The molecule has 0 spiro atoms. The summed E-state index contributed by atoms with van der Waals surface area (Å²) in [5.74, 6) is 1.00. The van der Waals surface area contributed by atoms with Gasteiger partial charge >= 0.3 is 0 Å². The van der Waals surface area contributed by atoms with Crippen LogP contribution in [0.5, 0.6) is 0 Å². The lowest BCUT2D eigenvalue weighted by Crippen LogP contribution is -2.16. The van der Waals surface area contributed by atoms with Gasteiger partial charge in [-0.2, -0.15) is 0 Å². The van der Waals surface area contributed by atoms with Crippen LogP contribution in [-0.4, -0.2) is 23.6 Å². The highest BCUT2D eigenvalue weighted by Crippen LogP contribution is 2.43. The topological polar surface area (TPSA) is 72.0 Å². The SMILES string of the molecule is CC(C)S(=O)(=O)c1ccccc1Nc1nc(Cl)ncc1C1CC1. The minimum atomic E-state index is -3.39. The zero-order valence-electron chi connectivity index (χ0n) is 13.0. The van der Waals surface area contributed by atoms with Crippen molar-refractivity contribution in [3.8, 4) is 0 Å². The summed E-state index contributed by atoms with van der Waals surface area (Å²) >= 11 is 5.91. The van der Waals surface area contributed by atoms with Gasteiger partial charge in [-0.1, -0.05) is 12.1 Å². The highest BCUT2D eigenvalue weighted by Gasteiger charge is 2.29. The largest absolute Gasteiger partial charge is 0.339 e. The second kappa shape index (κ2) is 6.09. The Kier molecular flexibility index (Phi) is 4.29. The van der Waals surface area contributed by atoms with E-state index >= 15 is 0 Å². The molecule has 2 aromatic rings. The van der Waals surface area contributed by atoms with Gasteiger partial charge in [-0.3, -0.25) is 0 Å². The molecule has 0 amide bonds. The number of aromatic nitrogens is 2. The summed E-state index contributed by atoms with van der Waals surface area (Å²) in [6, 6.07) is 6.86. The van der Waals surface area contributed by atoms with Gasteiger partial charge in [0.05, 0.1) is 15.8 Å². The van der Waals surface area contributed by atoms with Crippen molar-refractivity contribution in [1.82, 2.24) is 9.97 Å². The Morgan fingerprint density at radius 1 is 1.26 bits per heavy atom. The molecular formula is C16H18ClN3O2S. The van der Waals surface area contributed by atoms with Gasteiger partial charge in [0.1, 0.15) is 5.82 Å². The molecule has 0 bridgehead atoms. The first-order valence-electron chi connectivity index (χ1n) is 7.52. The molecule has 0 radical (unpaired) electrons. The van der Waals surface area contributed by atoms with E-state index in [1.165, 1.54) is 0 Å². The van der Waals surface area contributed by atoms with Gasteiger partial charge in [0.25, 0.3) is 0 Å². The van der Waals surface area contributed by atoms with Gasteiger partial charge < -0.3 is 5.32 Å². The molecule has 3 rings (SSSR count). The first-order chi connectivity index (χ1) is 10.9. The Hall–Kier alpha value is -1.66. The van der Waals surface area contributed by atoms with Crippen molar-refractivity contribution in [2.45, 2.75) is 42.8 Å². The number of anilines is 2. The summed E-state index contributed by atoms with van der Waals surface area (Å²) in [6.45, 7) is 3.34. The molecule has 122 valence electrons. The Morgan fingerprint density at radius 3 is 2.61 bits per heavy atom. The lowest BCUT2D eigenvalue weighted by Gasteiger charge is -2.15. The summed E-state index contributed by atoms with van der Waals surface area (Å²) < 4.78 is 25.1. The summed E-state index contributed by atoms with van der Waals surface area (Å²) in [5.41, 5.74) is 1.49. The second-order valence-electron chi connectivity index (χ2n) is 5.93. The maximum atomic E-state index is 12.5. The number of para-hydroxylation sites is 1. The summed E-state index contributed by atoms with van der Waals surface area (Å²) in [7, 11) is -3.39. The van der Waals surface area contributed by atoms with Crippen LogP contribution in [0.15, 0.2) is 35.4 Å². The fourth-order valence-corrected chi connectivity index (χ4v) is 3.70. The quantitative estimate of drug-likeness (QED) is 0.826. The smallest absolute Gasteiger partial charge is 0.224 e. The van der Waals surface area contributed by atoms with Crippen molar-refractivity contribution in [2.75, 3.05) is 5.32 Å². The number of hydrogen-bond donors (Lipinski definition) is 1. The zero-order valence-corrected chi connectivity index (χ0v) is 14.5. The molecule has 0 unspecified atom stereocenters. The number of rotatable bonds is 5. The normalized spacial score (nSPS) is 15.0. The van der Waals surface area contributed by atoms with Crippen molar-refractivity contribution < 1.29 is 8.42 Å². The highest BCUT2D eigenvalue weighted by molar-refractivity contribution is 7.92. The number of nitrogens with zero attached hydrogens (tertiary/aromatic N) is 2. The molecule has 0 aliphatic heterocycles. The van der Waals surface area contributed by atoms with Crippen LogP contribution in [0.25, 0.3) is 0 Å². The summed E-state index contributed by atoms with van der Waals surface area (Å²) in [6.07, 6.45) is 3.89. The van der Waals surface area contributed by atoms with Gasteiger partial charge in [0.2, 0.25) is 5.28 Å². The number of benzene rings is 1. The van der Waals surface area contributed by atoms with E-state index in [4.69, 9.17) is 11.6 Å². The molecule has 1 saturated carbocycles. The fraction of sp³-hybridized carbons (Fsp3) is 0.375. The predicted octanol–water partition coefficient (Wildman–Crippen LogP) is 3.93. The van der Waals surface area contributed by atoms with E-state index in [0.29, 0.717) is 17.4 Å². The molecule has 23 heavy (non-hydrogen) atoms. The van der Waals surface area contributed by atoms with Crippen LogP contribution in [0.2, 0.25) is 5.28 Å². The van der Waals surface area contributed by atoms with E-state index in [9.17, 15) is 8.42 Å². The number of halogens is 1. The molecule has 1 heterocycles. The predicted molar refractivity (Wildman–Crippen MR) is 91.1 cm³/mol. The number of sulfone groups is 1. The monoisotopic (exact) mass is 351 g/mol. The van der Waals surface area contributed by atoms with Crippen LogP contribution >= 0.6 is 11.6 Å². The van der Waals surface area contributed by atoms with Crippen LogP contribution in [-0.2, 0) is 9.84 Å². The van der Waals surface area contributed by atoms with E-state index in [-0.39, 0.29) is 10.2 Å². The van der Waals surface area contributed by atoms with E-state index in [2.05, 4.69) is 15.3 Å². The fourth-order valence-electron chi connectivity index (χ4n) is 2.36. The van der Waals surface area contributed by atoms with Crippen molar-refractivity contribution in [3.63, 3.8) is 0 Å². The first kappa shape index (κ1) is 16.2. The van der Waals surface area contributed by atoms with E-state index in [0.717, 1.165) is 18.4 Å². The highest BCUT2D eigenvalue weighted by atomic mass is 35.5. The van der Waals surface area contributed by atoms with Crippen molar-refractivity contribution in [1.29, 1.82) is 0 Å². The lowest BCUT2D eigenvalue weighted by atomic mass is 10.2. The third-order valence-electron chi connectivity index (χ3n) is 3.87. The van der Waals surface area contributed by atoms with E-state index in [1.807, 2.05) is 0 Å². The maximum Gasteiger partial charge on any atom is 0.224 e. The Balaban J connectivity index is 2.04. The van der Waals surface area contributed by atoms with Gasteiger partial charge in [0, 0.05) is 11.8 Å². The Bertz CT molecular complexity index is 833. The molecular weight excluding hydrogens is 334 g/mol. The van der Waals surface area contributed by atoms with E-state index < -0.39 is 15.1 Å². The van der Waals surface area contributed by atoms with Crippen LogP contribution < -0.4 is 5.32 Å². The maximum absolute atomic E-state index is 12.5. The number of nitrogens with one attached hydrogen (secondary N) is 1. The van der Waals surface area contributed by atoms with Crippen LogP contribution in [0.3, 0.4) is 0 Å². The minimum Gasteiger partial charge on any atom is -0.339 e. The summed E-state index contributed by atoms with van der Waals surface area (Å²) in [4.78, 5) is 8.55. The zero-order chi connectivity index (χ0) is 16.6. The third kappa shape index (κ3) is 3.33. The van der Waals surface area contributed by atoms with Crippen molar-refractivity contribution >= 4 is 32.9 Å². The average molecular weight is 352 g/mol. The molecule has 5 nitrogen and oxygen atoms in total. The van der Waals surface area contributed by atoms with E-state index in [1.54, 1.807) is 44.3 Å². The first-order valence-corrected chi connectivity index (χ1v) is 9.44. The molecule has 7 heteroatoms. The average Bonchev–Trinajstić information content (AvgIpc) is 3.32. The van der Waals surface area contributed by atoms with Gasteiger partial charge in [-0.15, -0.1) is 0 Å². The molecule has 1 aliphatic carbocycles. The summed E-state index contributed by atoms with van der Waals surface area (Å²) in [5, 5.41) is 2.79. The Labute approximate surface area is 141 Å². The minimum absolute atomic E-state index is 0.140. The van der Waals surface area contributed by atoms with Crippen molar-refractivity contribution in [3.05, 3.63) is 41.3 Å². The molecule has 1 aliphatic rings. The third-order valence-corrected chi connectivity index (χ3v) is 6.26. The lowest BCUT2D eigenvalue weighted by molar-refractivity contribution is 0.588. The molecule has 1 fully saturated rings. The molecule has 1 aromatic heterocycles.